The van der Waals surface area contributed by atoms with Crippen molar-refractivity contribution in [3.05, 3.63) is 24.3 Å². The molecule has 2 saturated carbocycles. The molecule has 3 aliphatic carbocycles. The molecule has 4 rings (SSSR count). The lowest BCUT2D eigenvalue weighted by Crippen LogP contribution is -2.16. The second kappa shape index (κ2) is 3.69. The zero-order chi connectivity index (χ0) is 11.2. The molecule has 0 saturated heterocycles. The summed E-state index contributed by atoms with van der Waals surface area (Å²) in [6, 6.07) is 0. The minimum atomic E-state index is 0.663. The summed E-state index contributed by atoms with van der Waals surface area (Å²) in [5, 5.41) is 4.66. The average Bonchev–Trinajstić information content (AvgIpc) is 2.91. The number of nitrogens with zero attached hydrogens (tertiary/aromatic N) is 3. The molecule has 2 fully saturated rings. The molecule has 2 bridgehead atoms. The summed E-state index contributed by atoms with van der Waals surface area (Å²) in [4.78, 5) is 4.48. The lowest BCUT2D eigenvalue weighted by Gasteiger charge is -2.22. The molecule has 1 aromatic rings. The molecular weight excluding hydrogens is 210 g/mol. The van der Waals surface area contributed by atoms with Crippen LogP contribution in [0, 0.1) is 17.8 Å². The van der Waals surface area contributed by atoms with Crippen LogP contribution in [0.1, 0.15) is 43.8 Å². The van der Waals surface area contributed by atoms with Gasteiger partial charge in [0.2, 0.25) is 0 Å². The Balaban J connectivity index is 1.45. The van der Waals surface area contributed by atoms with Gasteiger partial charge in [0.15, 0.2) is 5.82 Å². The number of hydrogen-bond acceptors (Lipinski definition) is 2. The molecule has 3 aliphatic rings. The van der Waals surface area contributed by atoms with Gasteiger partial charge in [0, 0.05) is 12.5 Å². The third-order valence-electron chi connectivity index (χ3n) is 4.86. The van der Waals surface area contributed by atoms with Crippen molar-refractivity contribution in [1.29, 1.82) is 0 Å². The van der Waals surface area contributed by atoms with Crippen molar-refractivity contribution in [2.24, 2.45) is 17.8 Å². The van der Waals surface area contributed by atoms with Crippen LogP contribution in [0.15, 0.2) is 18.5 Å². The first-order valence-electron chi connectivity index (χ1n) is 6.96. The van der Waals surface area contributed by atoms with Gasteiger partial charge in [-0.2, -0.15) is 5.10 Å². The maximum atomic E-state index is 4.66. The van der Waals surface area contributed by atoms with Crippen molar-refractivity contribution < 1.29 is 0 Å². The Morgan fingerprint density at radius 1 is 1.24 bits per heavy atom. The standard InChI is InChI=1S/C14H19N3/c1-2-11(3-1)14-15-9-17(16-14)8-13-7-10-4-5-12(13)6-10/h4-5,9-13H,1-3,6-8H2/t10-,12+,13+/m1/s1. The Bertz CT molecular complexity index is 444. The summed E-state index contributed by atoms with van der Waals surface area (Å²) in [7, 11) is 0. The van der Waals surface area contributed by atoms with Crippen molar-refractivity contribution in [1.82, 2.24) is 14.8 Å². The van der Waals surface area contributed by atoms with Crippen LogP contribution in [0.3, 0.4) is 0 Å². The van der Waals surface area contributed by atoms with Crippen molar-refractivity contribution in [2.75, 3.05) is 0 Å². The second-order valence-electron chi connectivity index (χ2n) is 5.99. The summed E-state index contributed by atoms with van der Waals surface area (Å²) in [6.07, 6.45) is 13.5. The summed E-state index contributed by atoms with van der Waals surface area (Å²) < 4.78 is 2.09. The number of rotatable bonds is 3. The second-order valence-corrected chi connectivity index (χ2v) is 5.99. The van der Waals surface area contributed by atoms with Gasteiger partial charge in [-0.25, -0.2) is 4.98 Å². The Morgan fingerprint density at radius 2 is 2.18 bits per heavy atom. The van der Waals surface area contributed by atoms with E-state index in [4.69, 9.17) is 0 Å². The van der Waals surface area contributed by atoms with Crippen LogP contribution in [0.25, 0.3) is 0 Å². The maximum absolute atomic E-state index is 4.66. The van der Waals surface area contributed by atoms with Crippen molar-refractivity contribution in [3.63, 3.8) is 0 Å². The Morgan fingerprint density at radius 3 is 2.82 bits per heavy atom. The predicted octanol–water partition coefficient (Wildman–Crippen LogP) is 2.76. The van der Waals surface area contributed by atoms with Crippen LogP contribution in [-0.2, 0) is 6.54 Å². The summed E-state index contributed by atoms with van der Waals surface area (Å²) in [5.41, 5.74) is 0. The van der Waals surface area contributed by atoms with Crippen LogP contribution < -0.4 is 0 Å². The molecule has 3 heteroatoms. The molecule has 3 atom stereocenters. The van der Waals surface area contributed by atoms with Crippen LogP contribution in [0.5, 0.6) is 0 Å². The number of allylic oxidation sites excluding steroid dienone is 2. The summed E-state index contributed by atoms with van der Waals surface area (Å²) >= 11 is 0. The molecule has 1 heterocycles. The first-order chi connectivity index (χ1) is 8.38. The lowest BCUT2D eigenvalue weighted by atomic mass is 9.85. The van der Waals surface area contributed by atoms with Gasteiger partial charge in [-0.15, -0.1) is 0 Å². The van der Waals surface area contributed by atoms with Crippen LogP contribution in [0.2, 0.25) is 0 Å². The van der Waals surface area contributed by atoms with Gasteiger partial charge in [0.25, 0.3) is 0 Å². The largest absolute Gasteiger partial charge is 0.252 e. The Hall–Kier alpha value is -1.12. The minimum Gasteiger partial charge on any atom is -0.252 e. The molecule has 0 N–H and O–H groups in total. The lowest BCUT2D eigenvalue weighted by molar-refractivity contribution is 0.356. The topological polar surface area (TPSA) is 30.7 Å². The van der Waals surface area contributed by atoms with E-state index in [1.54, 1.807) is 0 Å². The van der Waals surface area contributed by atoms with Crippen LogP contribution in [-0.4, -0.2) is 14.8 Å². The SMILES string of the molecule is C1=C[C@H]2C[C@@H]1C[C@H]2Cn1cnc(C2CCC2)n1. The van der Waals surface area contributed by atoms with Gasteiger partial charge < -0.3 is 0 Å². The first-order valence-corrected chi connectivity index (χ1v) is 6.96. The first kappa shape index (κ1) is 9.86. The summed E-state index contributed by atoms with van der Waals surface area (Å²) in [6.45, 7) is 1.07. The Kier molecular flexibility index (Phi) is 2.14. The highest BCUT2D eigenvalue weighted by molar-refractivity contribution is 5.10. The fraction of sp³-hybridized carbons (Fsp3) is 0.714. The van der Waals surface area contributed by atoms with E-state index in [2.05, 4.69) is 26.9 Å². The average molecular weight is 229 g/mol. The van der Waals surface area contributed by atoms with E-state index >= 15 is 0 Å². The maximum Gasteiger partial charge on any atom is 0.153 e. The van der Waals surface area contributed by atoms with E-state index in [0.29, 0.717) is 5.92 Å². The molecule has 90 valence electrons. The zero-order valence-corrected chi connectivity index (χ0v) is 10.1. The van der Waals surface area contributed by atoms with Gasteiger partial charge in [0.05, 0.1) is 0 Å². The van der Waals surface area contributed by atoms with Crippen LogP contribution >= 0.6 is 0 Å². The quantitative estimate of drug-likeness (QED) is 0.746. The normalized spacial score (nSPS) is 35.4. The highest BCUT2D eigenvalue weighted by Gasteiger charge is 2.35. The molecule has 3 nitrogen and oxygen atoms in total. The molecular formula is C14H19N3. The number of hydrogen-bond donors (Lipinski definition) is 0. The highest BCUT2D eigenvalue weighted by atomic mass is 15.3. The predicted molar refractivity (Wildman–Crippen MR) is 65.5 cm³/mol. The number of aromatic nitrogens is 3. The van der Waals surface area contributed by atoms with Gasteiger partial charge in [-0.3, -0.25) is 4.68 Å². The third kappa shape index (κ3) is 1.63. The van der Waals surface area contributed by atoms with Gasteiger partial charge in [0.1, 0.15) is 6.33 Å². The molecule has 17 heavy (non-hydrogen) atoms. The van der Waals surface area contributed by atoms with E-state index in [-0.39, 0.29) is 0 Å². The fourth-order valence-electron chi connectivity index (χ4n) is 3.60. The number of fused-ring (bicyclic) bond motifs is 2. The molecule has 0 spiro atoms. The van der Waals surface area contributed by atoms with E-state index < -0.39 is 0 Å². The minimum absolute atomic E-state index is 0.663. The monoisotopic (exact) mass is 229 g/mol. The van der Waals surface area contributed by atoms with Crippen molar-refractivity contribution in [3.8, 4) is 0 Å². The smallest absolute Gasteiger partial charge is 0.153 e. The molecule has 0 aromatic carbocycles. The highest BCUT2D eigenvalue weighted by Crippen LogP contribution is 2.44. The van der Waals surface area contributed by atoms with Crippen LogP contribution in [0.4, 0.5) is 0 Å². The van der Waals surface area contributed by atoms with Gasteiger partial charge in [-0.05, 0) is 43.4 Å². The van der Waals surface area contributed by atoms with Crippen molar-refractivity contribution >= 4 is 0 Å². The van der Waals surface area contributed by atoms with E-state index in [1.165, 1.54) is 32.1 Å². The van der Waals surface area contributed by atoms with Gasteiger partial charge in [-0.1, -0.05) is 18.6 Å². The molecule has 0 aliphatic heterocycles. The van der Waals surface area contributed by atoms with E-state index in [9.17, 15) is 0 Å². The van der Waals surface area contributed by atoms with Gasteiger partial charge >= 0.3 is 0 Å². The molecule has 0 amide bonds. The zero-order valence-electron chi connectivity index (χ0n) is 10.1. The van der Waals surface area contributed by atoms with E-state index in [1.807, 2.05) is 6.33 Å². The fourth-order valence-corrected chi connectivity index (χ4v) is 3.60. The van der Waals surface area contributed by atoms with E-state index in [0.717, 1.165) is 30.1 Å². The van der Waals surface area contributed by atoms with Crippen molar-refractivity contribution in [2.45, 2.75) is 44.6 Å². The third-order valence-corrected chi connectivity index (χ3v) is 4.86. The molecule has 1 aromatic heterocycles. The summed E-state index contributed by atoms with van der Waals surface area (Å²) in [5.74, 6) is 4.24. The molecule has 0 unspecified atom stereocenters. The molecule has 0 radical (unpaired) electrons. The Labute approximate surface area is 102 Å².